The van der Waals surface area contributed by atoms with Crippen LogP contribution in [0.5, 0.6) is 0 Å². The Morgan fingerprint density at radius 2 is 2.18 bits per heavy atom. The second-order valence-electron chi connectivity index (χ2n) is 4.70. The summed E-state index contributed by atoms with van der Waals surface area (Å²) in [6.45, 7) is 2.27. The zero-order valence-corrected chi connectivity index (χ0v) is 11.3. The molecule has 0 bridgehead atoms. The number of amides is 1. The van der Waals surface area contributed by atoms with Gasteiger partial charge in [-0.1, -0.05) is 12.8 Å². The molecule has 1 heterocycles. The van der Waals surface area contributed by atoms with Gasteiger partial charge in [0.1, 0.15) is 0 Å². The largest absolute Gasteiger partial charge is 0.374 e. The summed E-state index contributed by atoms with van der Waals surface area (Å²) in [6.07, 6.45) is 5.65. The minimum Gasteiger partial charge on any atom is -0.374 e. The van der Waals surface area contributed by atoms with E-state index in [0.717, 1.165) is 25.9 Å². The highest BCUT2D eigenvalue weighted by Gasteiger charge is 2.36. The van der Waals surface area contributed by atoms with Crippen LogP contribution in [0.2, 0.25) is 0 Å². The van der Waals surface area contributed by atoms with Gasteiger partial charge < -0.3 is 15.0 Å². The Morgan fingerprint density at radius 1 is 1.41 bits per heavy atom. The van der Waals surface area contributed by atoms with E-state index < -0.39 is 0 Å². The highest BCUT2D eigenvalue weighted by molar-refractivity contribution is 5.85. The lowest BCUT2D eigenvalue weighted by Gasteiger charge is -2.43. The third-order valence-corrected chi connectivity index (χ3v) is 3.64. The molecule has 0 spiro atoms. The quantitative estimate of drug-likeness (QED) is 0.831. The van der Waals surface area contributed by atoms with Crippen molar-refractivity contribution in [1.82, 2.24) is 10.2 Å². The number of carbonyl (C=O) groups excluding carboxylic acids is 1. The lowest BCUT2D eigenvalue weighted by atomic mass is 9.90. The molecule has 1 N–H and O–H groups in total. The van der Waals surface area contributed by atoms with Crippen molar-refractivity contribution in [1.29, 1.82) is 0 Å². The Kier molecular flexibility index (Phi) is 6.23. The number of hydrogen-bond acceptors (Lipinski definition) is 3. The average Bonchev–Trinajstić information content (AvgIpc) is 2.35. The van der Waals surface area contributed by atoms with Crippen LogP contribution in [0.3, 0.4) is 0 Å². The normalized spacial score (nSPS) is 28.2. The maximum atomic E-state index is 12.0. The van der Waals surface area contributed by atoms with Crippen molar-refractivity contribution in [3.63, 3.8) is 0 Å². The van der Waals surface area contributed by atoms with Crippen LogP contribution in [0.1, 0.15) is 32.1 Å². The molecule has 1 saturated carbocycles. The highest BCUT2D eigenvalue weighted by atomic mass is 35.5. The van der Waals surface area contributed by atoms with E-state index in [4.69, 9.17) is 4.74 Å². The number of nitrogens with one attached hydrogen (secondary N) is 1. The van der Waals surface area contributed by atoms with Crippen LogP contribution in [0.15, 0.2) is 0 Å². The molecule has 1 amide bonds. The Balaban J connectivity index is 0.00000144. The highest BCUT2D eigenvalue weighted by Crippen LogP contribution is 2.28. The summed E-state index contributed by atoms with van der Waals surface area (Å²) in [5, 5.41) is 3.03. The number of rotatable bonds is 3. The molecule has 17 heavy (non-hydrogen) atoms. The van der Waals surface area contributed by atoms with Gasteiger partial charge in [-0.05, 0) is 19.9 Å². The Labute approximate surface area is 109 Å². The van der Waals surface area contributed by atoms with Gasteiger partial charge in [0.2, 0.25) is 5.91 Å². The van der Waals surface area contributed by atoms with Gasteiger partial charge >= 0.3 is 0 Å². The molecule has 0 aromatic rings. The molecule has 1 aliphatic carbocycles. The minimum atomic E-state index is 0. The van der Waals surface area contributed by atoms with Gasteiger partial charge in [0.25, 0.3) is 0 Å². The van der Waals surface area contributed by atoms with E-state index in [9.17, 15) is 4.79 Å². The lowest BCUT2D eigenvalue weighted by Crippen LogP contribution is -2.55. The molecular weight excluding hydrogens is 240 g/mol. The van der Waals surface area contributed by atoms with E-state index >= 15 is 0 Å². The fraction of sp³-hybridized carbons (Fsp3) is 0.917. The Hall–Kier alpha value is -0.320. The van der Waals surface area contributed by atoms with Gasteiger partial charge in [-0.3, -0.25) is 4.79 Å². The van der Waals surface area contributed by atoms with E-state index in [1.807, 2.05) is 7.05 Å². The standard InChI is InChI=1S/C12H22N2O2.ClH/c1-13-7-6-12(15)14-8-9-16-11-5-3-2-4-10(11)14;/h10-11,13H,2-9H2,1H3;1H. The number of halogens is 1. The second-order valence-corrected chi connectivity index (χ2v) is 4.70. The van der Waals surface area contributed by atoms with Gasteiger partial charge in [-0.25, -0.2) is 0 Å². The smallest absolute Gasteiger partial charge is 0.224 e. The summed E-state index contributed by atoms with van der Waals surface area (Å²) in [5.41, 5.74) is 0. The molecule has 1 aliphatic heterocycles. The van der Waals surface area contributed by atoms with Crippen LogP contribution < -0.4 is 5.32 Å². The first-order valence-corrected chi connectivity index (χ1v) is 6.38. The fourth-order valence-corrected chi connectivity index (χ4v) is 2.78. The molecule has 2 fully saturated rings. The first-order valence-electron chi connectivity index (χ1n) is 6.38. The van der Waals surface area contributed by atoms with Gasteiger partial charge in [-0.15, -0.1) is 12.4 Å². The van der Waals surface area contributed by atoms with Crippen molar-refractivity contribution in [2.75, 3.05) is 26.7 Å². The van der Waals surface area contributed by atoms with E-state index in [-0.39, 0.29) is 18.3 Å². The van der Waals surface area contributed by atoms with Crippen molar-refractivity contribution >= 4 is 18.3 Å². The van der Waals surface area contributed by atoms with E-state index in [0.29, 0.717) is 25.2 Å². The molecule has 1 saturated heterocycles. The topological polar surface area (TPSA) is 41.6 Å². The third-order valence-electron chi connectivity index (χ3n) is 3.64. The number of morpholine rings is 1. The zero-order valence-electron chi connectivity index (χ0n) is 10.5. The number of ether oxygens (including phenoxy) is 1. The van der Waals surface area contributed by atoms with Crippen LogP contribution >= 0.6 is 12.4 Å². The monoisotopic (exact) mass is 262 g/mol. The third kappa shape index (κ3) is 3.57. The van der Waals surface area contributed by atoms with E-state index in [1.165, 1.54) is 12.8 Å². The summed E-state index contributed by atoms with van der Waals surface area (Å²) in [7, 11) is 1.88. The summed E-state index contributed by atoms with van der Waals surface area (Å²) >= 11 is 0. The Morgan fingerprint density at radius 3 is 2.94 bits per heavy atom. The number of carbonyl (C=O) groups is 1. The molecule has 2 rings (SSSR count). The molecule has 4 nitrogen and oxygen atoms in total. The molecule has 2 unspecified atom stereocenters. The van der Waals surface area contributed by atoms with Crippen LogP contribution in [-0.2, 0) is 9.53 Å². The molecule has 5 heteroatoms. The van der Waals surface area contributed by atoms with E-state index in [2.05, 4.69) is 10.2 Å². The molecule has 2 atom stereocenters. The Bertz CT molecular complexity index is 249. The number of hydrogen-bond donors (Lipinski definition) is 1. The SMILES string of the molecule is CNCCC(=O)N1CCOC2CCCCC21.Cl. The lowest BCUT2D eigenvalue weighted by molar-refractivity contribution is -0.149. The van der Waals surface area contributed by atoms with Crippen molar-refractivity contribution in [3.05, 3.63) is 0 Å². The van der Waals surface area contributed by atoms with Crippen LogP contribution in [-0.4, -0.2) is 49.7 Å². The second kappa shape index (κ2) is 7.19. The molecular formula is C12H23ClN2O2. The van der Waals surface area contributed by atoms with Crippen LogP contribution in [0.4, 0.5) is 0 Å². The first kappa shape index (κ1) is 14.7. The number of nitrogens with zero attached hydrogens (tertiary/aromatic N) is 1. The van der Waals surface area contributed by atoms with Gasteiger partial charge in [0.05, 0.1) is 18.8 Å². The van der Waals surface area contributed by atoms with Crippen LogP contribution in [0.25, 0.3) is 0 Å². The maximum absolute atomic E-state index is 12.0. The van der Waals surface area contributed by atoms with Gasteiger partial charge in [0, 0.05) is 19.5 Å². The molecule has 0 aromatic heterocycles. The zero-order chi connectivity index (χ0) is 11.4. The van der Waals surface area contributed by atoms with Crippen molar-refractivity contribution < 1.29 is 9.53 Å². The van der Waals surface area contributed by atoms with Crippen molar-refractivity contribution in [2.24, 2.45) is 0 Å². The summed E-state index contributed by atoms with van der Waals surface area (Å²) in [4.78, 5) is 14.1. The van der Waals surface area contributed by atoms with Crippen molar-refractivity contribution in [2.45, 2.75) is 44.2 Å². The molecule has 0 aromatic carbocycles. The molecule has 0 radical (unpaired) electrons. The minimum absolute atomic E-state index is 0. The van der Waals surface area contributed by atoms with Gasteiger partial charge in [0.15, 0.2) is 0 Å². The predicted octanol–water partition coefficient (Wildman–Crippen LogP) is 1.19. The van der Waals surface area contributed by atoms with Gasteiger partial charge in [-0.2, -0.15) is 0 Å². The summed E-state index contributed by atoms with van der Waals surface area (Å²) < 4.78 is 5.76. The summed E-state index contributed by atoms with van der Waals surface area (Å²) in [6, 6.07) is 0.354. The fourth-order valence-electron chi connectivity index (χ4n) is 2.78. The molecule has 100 valence electrons. The average molecular weight is 263 g/mol. The van der Waals surface area contributed by atoms with Crippen LogP contribution in [0, 0.1) is 0 Å². The number of fused-ring (bicyclic) bond motifs is 1. The first-order chi connectivity index (χ1) is 7.83. The van der Waals surface area contributed by atoms with E-state index in [1.54, 1.807) is 0 Å². The summed E-state index contributed by atoms with van der Waals surface area (Å²) in [5.74, 6) is 0.287. The van der Waals surface area contributed by atoms with Crippen molar-refractivity contribution in [3.8, 4) is 0 Å². The predicted molar refractivity (Wildman–Crippen MR) is 69.5 cm³/mol. The maximum Gasteiger partial charge on any atom is 0.224 e. The molecule has 2 aliphatic rings.